The fraction of sp³-hybridized carbons (Fsp3) is 0.0833. The molecule has 0 radical (unpaired) electrons. The minimum Gasteiger partial charge on any atom is -0.493 e. The number of rotatable bonds is 4. The SMILES string of the molecule is COc1cc2c(N)cccc2c(-c2ccc(-c3ccccc3)cc2)c1OC. The van der Waals surface area contributed by atoms with Gasteiger partial charge in [-0.3, -0.25) is 0 Å². The number of benzene rings is 4. The Morgan fingerprint density at radius 3 is 1.96 bits per heavy atom. The Morgan fingerprint density at radius 2 is 1.30 bits per heavy atom. The number of hydrogen-bond donors (Lipinski definition) is 1. The average molecular weight is 355 g/mol. The molecule has 0 amide bonds. The molecule has 0 saturated heterocycles. The summed E-state index contributed by atoms with van der Waals surface area (Å²) in [6.07, 6.45) is 0. The molecule has 0 aromatic heterocycles. The summed E-state index contributed by atoms with van der Waals surface area (Å²) in [5, 5.41) is 2.00. The van der Waals surface area contributed by atoms with E-state index in [-0.39, 0.29) is 0 Å². The normalized spacial score (nSPS) is 10.7. The standard InChI is InChI=1S/C24H21NO2/c1-26-22-15-20-19(9-6-10-21(20)25)23(24(22)27-2)18-13-11-17(12-14-18)16-7-4-3-5-8-16/h3-15H,25H2,1-2H3. The van der Waals surface area contributed by atoms with E-state index in [1.807, 2.05) is 36.4 Å². The molecule has 0 saturated carbocycles. The van der Waals surface area contributed by atoms with Crippen LogP contribution in [0.5, 0.6) is 11.5 Å². The van der Waals surface area contributed by atoms with E-state index in [9.17, 15) is 0 Å². The summed E-state index contributed by atoms with van der Waals surface area (Å²) in [5.74, 6) is 1.38. The highest BCUT2D eigenvalue weighted by molar-refractivity contribution is 6.06. The molecule has 4 aromatic rings. The summed E-state index contributed by atoms with van der Waals surface area (Å²) in [7, 11) is 3.31. The van der Waals surface area contributed by atoms with Gasteiger partial charge in [0.25, 0.3) is 0 Å². The molecule has 0 unspecified atom stereocenters. The van der Waals surface area contributed by atoms with Gasteiger partial charge in [0.15, 0.2) is 11.5 Å². The molecule has 0 spiro atoms. The lowest BCUT2D eigenvalue weighted by Gasteiger charge is -2.17. The Bertz CT molecular complexity index is 1090. The molecule has 27 heavy (non-hydrogen) atoms. The summed E-state index contributed by atoms with van der Waals surface area (Å²) in [6.45, 7) is 0. The van der Waals surface area contributed by atoms with Crippen molar-refractivity contribution in [2.24, 2.45) is 0 Å². The minimum absolute atomic E-state index is 0.671. The van der Waals surface area contributed by atoms with Crippen molar-refractivity contribution in [2.75, 3.05) is 20.0 Å². The first-order chi connectivity index (χ1) is 13.2. The molecule has 0 heterocycles. The molecular formula is C24H21NO2. The number of hydrogen-bond acceptors (Lipinski definition) is 3. The highest BCUT2D eigenvalue weighted by Gasteiger charge is 2.17. The van der Waals surface area contributed by atoms with Crippen LogP contribution in [0, 0.1) is 0 Å². The molecule has 0 fully saturated rings. The monoisotopic (exact) mass is 355 g/mol. The van der Waals surface area contributed by atoms with Gasteiger partial charge in [-0.15, -0.1) is 0 Å². The van der Waals surface area contributed by atoms with Gasteiger partial charge >= 0.3 is 0 Å². The molecule has 0 atom stereocenters. The van der Waals surface area contributed by atoms with Crippen LogP contribution in [0.1, 0.15) is 0 Å². The van der Waals surface area contributed by atoms with Crippen molar-refractivity contribution < 1.29 is 9.47 Å². The van der Waals surface area contributed by atoms with Crippen LogP contribution in [0.15, 0.2) is 78.9 Å². The van der Waals surface area contributed by atoms with E-state index in [1.165, 1.54) is 11.1 Å². The van der Waals surface area contributed by atoms with Gasteiger partial charge in [-0.25, -0.2) is 0 Å². The molecule has 4 rings (SSSR count). The number of ether oxygens (including phenoxy) is 2. The van der Waals surface area contributed by atoms with E-state index in [4.69, 9.17) is 15.2 Å². The van der Waals surface area contributed by atoms with Crippen molar-refractivity contribution in [1.82, 2.24) is 0 Å². The maximum Gasteiger partial charge on any atom is 0.169 e. The Morgan fingerprint density at radius 1 is 0.630 bits per heavy atom. The van der Waals surface area contributed by atoms with E-state index in [2.05, 4.69) is 42.5 Å². The molecule has 3 heteroatoms. The number of nitrogen functional groups attached to an aromatic ring is 1. The topological polar surface area (TPSA) is 44.5 Å². The second-order valence-electron chi connectivity index (χ2n) is 6.37. The molecule has 134 valence electrons. The van der Waals surface area contributed by atoms with Crippen LogP contribution in [-0.2, 0) is 0 Å². The van der Waals surface area contributed by atoms with Crippen molar-refractivity contribution in [3.8, 4) is 33.8 Å². The Balaban J connectivity index is 1.94. The van der Waals surface area contributed by atoms with Crippen LogP contribution in [0.2, 0.25) is 0 Å². The third kappa shape index (κ3) is 2.97. The predicted octanol–water partition coefficient (Wildman–Crippen LogP) is 5.77. The third-order valence-electron chi connectivity index (χ3n) is 4.84. The number of nitrogens with two attached hydrogens (primary N) is 1. The highest BCUT2D eigenvalue weighted by atomic mass is 16.5. The molecular weight excluding hydrogens is 334 g/mol. The maximum absolute atomic E-state index is 6.22. The smallest absolute Gasteiger partial charge is 0.169 e. The van der Waals surface area contributed by atoms with Crippen molar-refractivity contribution in [3.05, 3.63) is 78.9 Å². The van der Waals surface area contributed by atoms with E-state index in [1.54, 1.807) is 14.2 Å². The van der Waals surface area contributed by atoms with Gasteiger partial charge in [0, 0.05) is 16.6 Å². The van der Waals surface area contributed by atoms with Crippen molar-refractivity contribution in [1.29, 1.82) is 0 Å². The number of anilines is 1. The molecule has 2 N–H and O–H groups in total. The van der Waals surface area contributed by atoms with E-state index < -0.39 is 0 Å². The van der Waals surface area contributed by atoms with Gasteiger partial charge < -0.3 is 15.2 Å². The number of methoxy groups -OCH3 is 2. The van der Waals surface area contributed by atoms with Crippen LogP contribution in [0.3, 0.4) is 0 Å². The Labute approximate surface area is 159 Å². The van der Waals surface area contributed by atoms with E-state index >= 15 is 0 Å². The van der Waals surface area contributed by atoms with Crippen molar-refractivity contribution in [3.63, 3.8) is 0 Å². The van der Waals surface area contributed by atoms with Crippen LogP contribution < -0.4 is 15.2 Å². The zero-order chi connectivity index (χ0) is 18.8. The molecule has 0 bridgehead atoms. The van der Waals surface area contributed by atoms with Crippen LogP contribution in [0.25, 0.3) is 33.0 Å². The summed E-state index contributed by atoms with van der Waals surface area (Å²) in [6, 6.07) is 26.7. The maximum atomic E-state index is 6.22. The summed E-state index contributed by atoms with van der Waals surface area (Å²) >= 11 is 0. The van der Waals surface area contributed by atoms with E-state index in [0.29, 0.717) is 11.5 Å². The quantitative estimate of drug-likeness (QED) is 0.472. The van der Waals surface area contributed by atoms with Crippen LogP contribution in [-0.4, -0.2) is 14.2 Å². The second kappa shape index (κ2) is 7.04. The fourth-order valence-electron chi connectivity index (χ4n) is 3.51. The molecule has 0 aliphatic rings. The molecule has 0 aliphatic heterocycles. The Hall–Kier alpha value is -3.46. The van der Waals surface area contributed by atoms with Crippen molar-refractivity contribution >= 4 is 16.5 Å². The number of fused-ring (bicyclic) bond motifs is 1. The first-order valence-electron chi connectivity index (χ1n) is 8.82. The molecule has 0 aliphatic carbocycles. The van der Waals surface area contributed by atoms with Gasteiger partial charge in [0.05, 0.1) is 14.2 Å². The van der Waals surface area contributed by atoms with Crippen LogP contribution >= 0.6 is 0 Å². The summed E-state index contributed by atoms with van der Waals surface area (Å²) < 4.78 is 11.3. The van der Waals surface area contributed by atoms with Gasteiger partial charge in [-0.2, -0.15) is 0 Å². The first-order valence-corrected chi connectivity index (χ1v) is 8.82. The second-order valence-corrected chi connectivity index (χ2v) is 6.37. The zero-order valence-electron chi connectivity index (χ0n) is 15.4. The lowest BCUT2D eigenvalue weighted by Crippen LogP contribution is -1.97. The molecule has 3 nitrogen and oxygen atoms in total. The van der Waals surface area contributed by atoms with Gasteiger partial charge in [-0.1, -0.05) is 66.7 Å². The average Bonchev–Trinajstić information content (AvgIpc) is 2.73. The lowest BCUT2D eigenvalue weighted by atomic mass is 9.94. The minimum atomic E-state index is 0.671. The first kappa shape index (κ1) is 17.0. The van der Waals surface area contributed by atoms with Gasteiger partial charge in [0.1, 0.15) is 0 Å². The summed E-state index contributed by atoms with van der Waals surface area (Å²) in [4.78, 5) is 0. The van der Waals surface area contributed by atoms with E-state index in [0.717, 1.165) is 27.6 Å². The third-order valence-corrected chi connectivity index (χ3v) is 4.84. The fourth-order valence-corrected chi connectivity index (χ4v) is 3.51. The highest BCUT2D eigenvalue weighted by Crippen LogP contribution is 2.45. The van der Waals surface area contributed by atoms with Gasteiger partial charge in [0.2, 0.25) is 0 Å². The Kier molecular flexibility index (Phi) is 4.43. The lowest BCUT2D eigenvalue weighted by molar-refractivity contribution is 0.357. The van der Waals surface area contributed by atoms with Gasteiger partial charge in [-0.05, 0) is 34.2 Å². The summed E-state index contributed by atoms with van der Waals surface area (Å²) in [5.41, 5.74) is 11.3. The molecule has 4 aromatic carbocycles. The van der Waals surface area contributed by atoms with Crippen molar-refractivity contribution in [2.45, 2.75) is 0 Å². The van der Waals surface area contributed by atoms with Crippen LogP contribution in [0.4, 0.5) is 5.69 Å². The predicted molar refractivity (Wildman–Crippen MR) is 112 cm³/mol. The largest absolute Gasteiger partial charge is 0.493 e. The zero-order valence-corrected chi connectivity index (χ0v) is 15.4.